The van der Waals surface area contributed by atoms with Gasteiger partial charge in [0.25, 0.3) is 0 Å². The molecule has 2 N–H and O–H groups in total. The van der Waals surface area contributed by atoms with Crippen molar-refractivity contribution in [2.75, 3.05) is 0 Å². The Morgan fingerprint density at radius 3 is 2.62 bits per heavy atom. The molecule has 5 rings (SSSR count). The van der Waals surface area contributed by atoms with Crippen LogP contribution >= 0.6 is 11.8 Å². The number of rotatable bonds is 4. The minimum absolute atomic E-state index is 0.148. The standard InChI is InChI=1S/C20H16NO3S.In/c22-17(15-8-2-1-3-9-15)12-6-11-14-7-4-5-10-16(14)13-18-19(23)21-20(24)25-18;/h1-5,8-11,13,17-18,22H,12H2,(H,21,23,24);. The van der Waals surface area contributed by atoms with Crippen LogP contribution in [-0.4, -0.2) is 42.9 Å². The molecule has 3 aliphatic rings. The van der Waals surface area contributed by atoms with Crippen LogP contribution in [0.3, 0.4) is 0 Å². The third kappa shape index (κ3) is 2.50. The predicted octanol–water partition coefficient (Wildman–Crippen LogP) is 2.44. The molecular weight excluding hydrogens is 449 g/mol. The van der Waals surface area contributed by atoms with Gasteiger partial charge < -0.3 is 0 Å². The molecular formula is C20H16InNO3S. The van der Waals surface area contributed by atoms with Crippen LogP contribution in [0.15, 0.2) is 51.9 Å². The van der Waals surface area contributed by atoms with Crippen molar-refractivity contribution in [1.29, 1.82) is 0 Å². The van der Waals surface area contributed by atoms with Crippen LogP contribution in [0.5, 0.6) is 0 Å². The van der Waals surface area contributed by atoms with Gasteiger partial charge in [-0.2, -0.15) is 0 Å². The third-order valence-electron chi connectivity index (χ3n) is 5.61. The first-order valence-corrected chi connectivity index (χ1v) is 14.8. The van der Waals surface area contributed by atoms with Crippen LogP contribution in [0.1, 0.15) is 32.9 Å². The first-order chi connectivity index (χ1) is 12.6. The summed E-state index contributed by atoms with van der Waals surface area (Å²) in [5.41, 5.74) is 3.43. The van der Waals surface area contributed by atoms with Crippen LogP contribution in [0.4, 0.5) is 4.79 Å². The van der Waals surface area contributed by atoms with E-state index >= 15 is 0 Å². The molecule has 2 aromatic carbocycles. The molecule has 0 aliphatic carbocycles. The normalized spacial score (nSPS) is 24.0. The van der Waals surface area contributed by atoms with E-state index in [0.717, 1.165) is 17.3 Å². The fourth-order valence-corrected chi connectivity index (χ4v) is 19.0. The number of thioether (sulfide) groups is 1. The number of nitrogens with one attached hydrogen (secondary N) is 1. The summed E-state index contributed by atoms with van der Waals surface area (Å²) >= 11 is -1.36. The summed E-state index contributed by atoms with van der Waals surface area (Å²) in [6, 6.07) is 16.1. The van der Waals surface area contributed by atoms with E-state index in [1.165, 1.54) is 17.8 Å². The van der Waals surface area contributed by atoms with Crippen molar-refractivity contribution in [1.82, 2.24) is 5.32 Å². The molecule has 1 saturated heterocycles. The second kappa shape index (κ2) is 6.29. The van der Waals surface area contributed by atoms with E-state index in [2.05, 4.69) is 29.6 Å². The molecule has 6 heteroatoms. The fraction of sp³-hybridized carbons (Fsp3) is 0.200. The average molecular weight is 465 g/mol. The summed E-state index contributed by atoms with van der Waals surface area (Å²) < 4.78 is 2.96. The van der Waals surface area contributed by atoms with E-state index in [1.807, 2.05) is 30.3 Å². The summed E-state index contributed by atoms with van der Waals surface area (Å²) in [5.74, 6) is -0.148. The van der Waals surface area contributed by atoms with Gasteiger partial charge in [0.1, 0.15) is 0 Å². The molecule has 26 heavy (non-hydrogen) atoms. The van der Waals surface area contributed by atoms with Crippen LogP contribution in [0, 0.1) is 0 Å². The topological polar surface area (TPSA) is 66.4 Å². The number of benzene rings is 2. The maximum absolute atomic E-state index is 12.3. The third-order valence-corrected chi connectivity index (χ3v) is 18.4. The quantitative estimate of drug-likeness (QED) is 0.729. The Bertz CT molecular complexity index is 959. The van der Waals surface area contributed by atoms with Crippen molar-refractivity contribution in [3.63, 3.8) is 0 Å². The second-order valence-corrected chi connectivity index (χ2v) is 16.8. The van der Waals surface area contributed by atoms with Gasteiger partial charge in [-0.3, -0.25) is 0 Å². The number of aliphatic hydroxyl groups is 1. The summed E-state index contributed by atoms with van der Waals surface area (Å²) in [6.07, 6.45) is 2.36. The Kier molecular flexibility index (Phi) is 4.03. The summed E-state index contributed by atoms with van der Waals surface area (Å²) in [6.45, 7) is 0. The molecule has 3 heterocycles. The molecule has 3 aliphatic heterocycles. The Morgan fingerprint density at radius 1 is 1.12 bits per heavy atom. The number of hydrogen-bond donors (Lipinski definition) is 2. The van der Waals surface area contributed by atoms with E-state index in [-0.39, 0.29) is 20.1 Å². The molecule has 0 saturated carbocycles. The number of imide groups is 1. The molecule has 2 aromatic rings. The summed E-state index contributed by atoms with van der Waals surface area (Å²) in [5, 5.41) is 12.6. The van der Waals surface area contributed by atoms with Crippen LogP contribution in [0.25, 0.3) is 6.08 Å². The molecule has 1 fully saturated rings. The molecule has 2 amide bonds. The van der Waals surface area contributed by atoms with Crippen LogP contribution in [0.2, 0.25) is 0 Å². The van der Waals surface area contributed by atoms with Gasteiger partial charge in [-0.1, -0.05) is 0 Å². The summed E-state index contributed by atoms with van der Waals surface area (Å²) in [7, 11) is 0. The molecule has 0 radical (unpaired) electrons. The van der Waals surface area contributed by atoms with E-state index in [4.69, 9.17) is 0 Å². The molecule has 0 aromatic heterocycles. The van der Waals surface area contributed by atoms with E-state index in [9.17, 15) is 14.7 Å². The minimum atomic E-state index is -2.51. The average Bonchev–Trinajstić information content (AvgIpc) is 3.21. The van der Waals surface area contributed by atoms with Crippen molar-refractivity contribution in [2.45, 2.75) is 21.4 Å². The zero-order chi connectivity index (χ0) is 17.8. The molecule has 4 bridgehead atoms. The molecule has 0 spiro atoms. The van der Waals surface area contributed by atoms with Crippen molar-refractivity contribution < 1.29 is 14.7 Å². The van der Waals surface area contributed by atoms with Crippen molar-refractivity contribution in [2.24, 2.45) is 0 Å². The SMILES string of the molecule is O=C1NC(=O)C([CH]2c3ccc[c]4c3C=[C](CC(O)c3ccccc3)[In]42)S1. The van der Waals surface area contributed by atoms with E-state index in [0.29, 0.717) is 6.42 Å². The maximum atomic E-state index is 12.3. The first kappa shape index (κ1) is 16.7. The Labute approximate surface area is 163 Å². The molecule has 3 unspecified atom stereocenters. The van der Waals surface area contributed by atoms with Gasteiger partial charge in [0.15, 0.2) is 0 Å². The number of aliphatic hydroxyl groups excluding tert-OH is 1. The number of carbonyl (C=O) groups is 2. The van der Waals surface area contributed by atoms with E-state index < -0.39 is 27.5 Å². The van der Waals surface area contributed by atoms with Crippen molar-refractivity contribution in [3.8, 4) is 0 Å². The Morgan fingerprint density at radius 2 is 1.92 bits per heavy atom. The van der Waals surface area contributed by atoms with Gasteiger partial charge in [-0.05, 0) is 0 Å². The van der Waals surface area contributed by atoms with Gasteiger partial charge in [-0.15, -0.1) is 0 Å². The van der Waals surface area contributed by atoms with Crippen molar-refractivity contribution in [3.05, 3.63) is 68.6 Å². The molecule has 3 atom stereocenters. The Hall–Kier alpha value is -1.50. The van der Waals surface area contributed by atoms with Gasteiger partial charge >= 0.3 is 164 Å². The van der Waals surface area contributed by atoms with Gasteiger partial charge in [0, 0.05) is 0 Å². The van der Waals surface area contributed by atoms with Crippen molar-refractivity contribution >= 4 is 53.7 Å². The van der Waals surface area contributed by atoms with Gasteiger partial charge in [0.2, 0.25) is 0 Å². The zero-order valence-corrected chi connectivity index (χ0v) is 18.0. The zero-order valence-electron chi connectivity index (χ0n) is 13.9. The number of hydrogen-bond acceptors (Lipinski definition) is 4. The number of amides is 2. The number of carbonyl (C=O) groups excluding carboxylic acids is 2. The first-order valence-electron chi connectivity index (χ1n) is 8.71. The van der Waals surface area contributed by atoms with Crippen LogP contribution in [-0.2, 0) is 4.79 Å². The monoisotopic (exact) mass is 465 g/mol. The Balaban J connectivity index is 1.47. The van der Waals surface area contributed by atoms with Gasteiger partial charge in [-0.25, -0.2) is 0 Å². The molecule has 4 nitrogen and oxygen atoms in total. The molecule has 128 valence electrons. The fourth-order valence-electron chi connectivity index (χ4n) is 4.56. The van der Waals surface area contributed by atoms with Gasteiger partial charge in [0.05, 0.1) is 0 Å². The summed E-state index contributed by atoms with van der Waals surface area (Å²) in [4.78, 5) is 24.0. The second-order valence-electron chi connectivity index (χ2n) is 7.02. The predicted molar refractivity (Wildman–Crippen MR) is 103 cm³/mol. The van der Waals surface area contributed by atoms with Crippen LogP contribution < -0.4 is 8.64 Å². The van der Waals surface area contributed by atoms with E-state index in [1.54, 1.807) is 0 Å².